The van der Waals surface area contributed by atoms with Crippen LogP contribution in [-0.4, -0.2) is 49.2 Å². The Morgan fingerprint density at radius 2 is 1.70 bits per heavy atom. The number of carbonyl (C=O) groups excluding carboxylic acids is 3. The number of halogens is 1. The molecular formula is C23H25BrN2O6S. The zero-order valence-electron chi connectivity index (χ0n) is 18.7. The third kappa shape index (κ3) is 4.73. The summed E-state index contributed by atoms with van der Waals surface area (Å²) in [6.45, 7) is 5.29. The van der Waals surface area contributed by atoms with Gasteiger partial charge in [0, 0.05) is 10.0 Å². The van der Waals surface area contributed by atoms with Crippen LogP contribution in [0.5, 0.6) is 0 Å². The Morgan fingerprint density at radius 3 is 2.21 bits per heavy atom. The Morgan fingerprint density at radius 1 is 1.12 bits per heavy atom. The van der Waals surface area contributed by atoms with Crippen molar-refractivity contribution in [1.29, 1.82) is 0 Å². The minimum absolute atomic E-state index is 0.0355. The van der Waals surface area contributed by atoms with Gasteiger partial charge in [0.25, 0.3) is 5.91 Å². The predicted molar refractivity (Wildman–Crippen MR) is 126 cm³/mol. The number of ether oxygens (including phenoxy) is 1. The number of hydrogen-bond acceptors (Lipinski definition) is 6. The third-order valence-corrected chi connectivity index (χ3v) is 8.45. The molecule has 0 saturated carbocycles. The Balaban J connectivity index is 2.02. The molecule has 2 aromatic rings. The van der Waals surface area contributed by atoms with Crippen molar-refractivity contribution in [2.45, 2.75) is 50.1 Å². The van der Waals surface area contributed by atoms with Gasteiger partial charge >= 0.3 is 5.97 Å². The van der Waals surface area contributed by atoms with E-state index in [1.54, 1.807) is 26.0 Å². The first-order valence-corrected chi connectivity index (χ1v) is 12.5. The molecule has 0 aliphatic carbocycles. The minimum Gasteiger partial charge on any atom is -0.465 e. The zero-order chi connectivity index (χ0) is 24.6. The second-order valence-electron chi connectivity index (χ2n) is 8.25. The van der Waals surface area contributed by atoms with Crippen molar-refractivity contribution in [2.75, 3.05) is 12.0 Å². The van der Waals surface area contributed by atoms with Crippen molar-refractivity contribution >= 4 is 49.4 Å². The molecule has 0 spiro atoms. The van der Waals surface area contributed by atoms with E-state index in [4.69, 9.17) is 0 Å². The standard InChI is InChI=1S/C23H25BrN2O6S/c1-5-23(2,3)26(33(30,31)18-12-8-16(24)9-13-18)19-14-20(27)25(21(19)28)17-10-6-15(7-11-17)22(29)32-4/h6-13,19H,5,14H2,1-4H3. The molecule has 1 aliphatic rings. The smallest absolute Gasteiger partial charge is 0.337 e. The summed E-state index contributed by atoms with van der Waals surface area (Å²) in [5, 5.41) is 0. The highest BCUT2D eigenvalue weighted by molar-refractivity contribution is 9.10. The number of esters is 1. The van der Waals surface area contributed by atoms with E-state index in [1.807, 2.05) is 6.92 Å². The van der Waals surface area contributed by atoms with Crippen LogP contribution in [0.3, 0.4) is 0 Å². The maximum atomic E-state index is 13.7. The summed E-state index contributed by atoms with van der Waals surface area (Å²) in [5.74, 6) is -1.69. The monoisotopic (exact) mass is 536 g/mol. The molecule has 1 atom stereocenters. The van der Waals surface area contributed by atoms with Gasteiger partial charge in [-0.3, -0.25) is 9.59 Å². The SMILES string of the molecule is CCC(C)(C)N(C1CC(=O)N(c2ccc(C(=O)OC)cc2)C1=O)S(=O)(=O)c1ccc(Br)cc1. The van der Waals surface area contributed by atoms with E-state index in [9.17, 15) is 22.8 Å². The Bertz CT molecular complexity index is 1180. The lowest BCUT2D eigenvalue weighted by Crippen LogP contribution is -2.55. The fraction of sp³-hybridized carbons (Fsp3) is 0.348. The van der Waals surface area contributed by atoms with Gasteiger partial charge in [-0.2, -0.15) is 4.31 Å². The topological polar surface area (TPSA) is 101 Å². The number of benzene rings is 2. The molecule has 1 fully saturated rings. The number of nitrogens with zero attached hydrogens (tertiary/aromatic N) is 2. The van der Waals surface area contributed by atoms with E-state index in [2.05, 4.69) is 20.7 Å². The zero-order valence-corrected chi connectivity index (χ0v) is 21.1. The van der Waals surface area contributed by atoms with Gasteiger partial charge in [0.05, 0.1) is 29.7 Å². The predicted octanol–water partition coefficient (Wildman–Crippen LogP) is 3.75. The molecule has 3 rings (SSSR count). The van der Waals surface area contributed by atoms with Crippen LogP contribution in [0, 0.1) is 0 Å². The first-order chi connectivity index (χ1) is 15.4. The van der Waals surface area contributed by atoms with Crippen molar-refractivity contribution in [3.8, 4) is 0 Å². The molecule has 8 nitrogen and oxygen atoms in total. The van der Waals surface area contributed by atoms with Gasteiger partial charge in [0.15, 0.2) is 0 Å². The second kappa shape index (κ2) is 9.36. The molecule has 176 valence electrons. The number of sulfonamides is 1. The van der Waals surface area contributed by atoms with Crippen LogP contribution in [0.1, 0.15) is 44.0 Å². The lowest BCUT2D eigenvalue weighted by Gasteiger charge is -2.39. The van der Waals surface area contributed by atoms with Crippen LogP contribution in [0.25, 0.3) is 0 Å². The first kappa shape index (κ1) is 25.1. The van der Waals surface area contributed by atoms with Gasteiger partial charge in [-0.1, -0.05) is 22.9 Å². The number of rotatable bonds is 7. The second-order valence-corrected chi connectivity index (χ2v) is 11.0. The lowest BCUT2D eigenvalue weighted by molar-refractivity contribution is -0.122. The summed E-state index contributed by atoms with van der Waals surface area (Å²) in [7, 11) is -2.85. The van der Waals surface area contributed by atoms with E-state index < -0.39 is 39.4 Å². The molecule has 0 radical (unpaired) electrons. The molecule has 33 heavy (non-hydrogen) atoms. The first-order valence-electron chi connectivity index (χ1n) is 10.3. The van der Waals surface area contributed by atoms with Crippen molar-refractivity contribution in [2.24, 2.45) is 0 Å². The highest BCUT2D eigenvalue weighted by Gasteiger charge is 2.51. The summed E-state index contributed by atoms with van der Waals surface area (Å²) in [5.41, 5.74) is -0.407. The van der Waals surface area contributed by atoms with Gasteiger partial charge < -0.3 is 4.74 Å². The van der Waals surface area contributed by atoms with Gasteiger partial charge in [-0.15, -0.1) is 0 Å². The summed E-state index contributed by atoms with van der Waals surface area (Å²) in [4.78, 5) is 39.0. The molecule has 2 aromatic carbocycles. The maximum Gasteiger partial charge on any atom is 0.337 e. The fourth-order valence-electron chi connectivity index (χ4n) is 3.73. The summed E-state index contributed by atoms with van der Waals surface area (Å²) < 4.78 is 33.9. The van der Waals surface area contributed by atoms with Crippen molar-refractivity contribution < 1.29 is 27.5 Å². The molecular weight excluding hydrogens is 512 g/mol. The molecule has 0 N–H and O–H groups in total. The fourth-order valence-corrected chi connectivity index (χ4v) is 5.98. The molecule has 0 aromatic heterocycles. The van der Waals surface area contributed by atoms with Crippen LogP contribution in [0.15, 0.2) is 57.9 Å². The van der Waals surface area contributed by atoms with E-state index in [0.29, 0.717) is 6.42 Å². The molecule has 2 amide bonds. The van der Waals surface area contributed by atoms with Crippen LogP contribution >= 0.6 is 15.9 Å². The van der Waals surface area contributed by atoms with E-state index in [0.717, 1.165) is 13.7 Å². The quantitative estimate of drug-likeness (QED) is 0.394. The largest absolute Gasteiger partial charge is 0.465 e. The number of anilines is 1. The van der Waals surface area contributed by atoms with Crippen LogP contribution in [0.4, 0.5) is 5.69 Å². The highest BCUT2D eigenvalue weighted by atomic mass is 79.9. The Labute approximate surface area is 201 Å². The van der Waals surface area contributed by atoms with Gasteiger partial charge in [0.2, 0.25) is 15.9 Å². The summed E-state index contributed by atoms with van der Waals surface area (Å²) in [6, 6.07) is 10.8. The normalized spacial score (nSPS) is 17.0. The summed E-state index contributed by atoms with van der Waals surface area (Å²) >= 11 is 3.30. The van der Waals surface area contributed by atoms with Crippen molar-refractivity contribution in [1.82, 2.24) is 4.31 Å². The Hall–Kier alpha value is -2.56. The lowest BCUT2D eigenvalue weighted by atomic mass is 10.00. The van der Waals surface area contributed by atoms with Crippen molar-refractivity contribution in [3.05, 3.63) is 58.6 Å². The van der Waals surface area contributed by atoms with E-state index in [1.165, 1.54) is 43.5 Å². The maximum absolute atomic E-state index is 13.7. The average molecular weight is 537 g/mol. The van der Waals surface area contributed by atoms with Crippen LogP contribution in [-0.2, 0) is 24.3 Å². The van der Waals surface area contributed by atoms with Crippen LogP contribution in [0.2, 0.25) is 0 Å². The highest BCUT2D eigenvalue weighted by Crippen LogP contribution is 2.36. The average Bonchev–Trinajstić information content (AvgIpc) is 3.06. The number of hydrogen-bond donors (Lipinski definition) is 0. The summed E-state index contributed by atoms with van der Waals surface area (Å²) in [6.07, 6.45) is 0.144. The molecule has 10 heteroatoms. The van der Waals surface area contributed by atoms with Gasteiger partial charge in [0.1, 0.15) is 6.04 Å². The Kier molecular flexibility index (Phi) is 7.11. The molecule has 1 heterocycles. The van der Waals surface area contributed by atoms with E-state index in [-0.39, 0.29) is 22.6 Å². The van der Waals surface area contributed by atoms with Gasteiger partial charge in [-0.05, 0) is 68.8 Å². The molecule has 1 aliphatic heterocycles. The molecule has 0 bridgehead atoms. The minimum atomic E-state index is -4.10. The molecule has 1 unspecified atom stereocenters. The number of amides is 2. The number of methoxy groups -OCH3 is 1. The van der Waals surface area contributed by atoms with Crippen molar-refractivity contribution in [3.63, 3.8) is 0 Å². The van der Waals surface area contributed by atoms with E-state index >= 15 is 0 Å². The number of carbonyl (C=O) groups is 3. The van der Waals surface area contributed by atoms with Gasteiger partial charge in [-0.25, -0.2) is 18.1 Å². The van der Waals surface area contributed by atoms with Crippen LogP contribution < -0.4 is 4.90 Å². The third-order valence-electron chi connectivity index (χ3n) is 5.78. The molecule has 1 saturated heterocycles. The number of imide groups is 1.